The fourth-order valence-electron chi connectivity index (χ4n) is 3.95. The number of ether oxygens (including phenoxy) is 3. The lowest BCUT2D eigenvalue weighted by molar-refractivity contribution is -0.151. The fourth-order valence-corrected chi connectivity index (χ4v) is 3.95. The Labute approximate surface area is 201 Å². The third-order valence-electron chi connectivity index (χ3n) is 5.11. The number of benzene rings is 1. The van der Waals surface area contributed by atoms with Crippen molar-refractivity contribution in [1.29, 1.82) is 5.26 Å². The lowest BCUT2D eigenvalue weighted by atomic mass is 9.64. The number of nitrogens with zero attached hydrogens (tertiary/aromatic N) is 1. The Kier molecular flexibility index (Phi) is 16.8. The summed E-state index contributed by atoms with van der Waals surface area (Å²) in [6, 6.07) is 4.34. The van der Waals surface area contributed by atoms with Gasteiger partial charge in [0.25, 0.3) is 0 Å². The number of aryl methyl sites for hydroxylation is 2. The van der Waals surface area contributed by atoms with Crippen LogP contribution in [0.1, 0.15) is 91.3 Å². The van der Waals surface area contributed by atoms with E-state index in [2.05, 4.69) is 6.07 Å². The molecule has 1 aromatic rings. The number of carbonyl (C=O) groups excluding carboxylic acids is 2. The highest BCUT2D eigenvalue weighted by Gasteiger charge is 2.48. The van der Waals surface area contributed by atoms with Gasteiger partial charge in [-0.2, -0.15) is 5.26 Å². The monoisotopic (exact) mass is 463 g/mol. The van der Waals surface area contributed by atoms with Crippen molar-refractivity contribution in [3.8, 4) is 17.6 Å². The maximum absolute atomic E-state index is 12.2. The van der Waals surface area contributed by atoms with Crippen LogP contribution < -0.4 is 9.47 Å². The molecule has 1 aliphatic heterocycles. The van der Waals surface area contributed by atoms with Crippen LogP contribution in [-0.2, 0) is 19.7 Å². The second-order valence-electron chi connectivity index (χ2n) is 6.68. The molecule has 2 unspecified atom stereocenters. The molecular weight excluding hydrogens is 418 g/mol. The van der Waals surface area contributed by atoms with Gasteiger partial charge in [-0.3, -0.25) is 9.59 Å². The molecule has 0 amide bonds. The Balaban J connectivity index is 0. The minimum Gasteiger partial charge on any atom is -0.486 e. The predicted octanol–water partition coefficient (Wildman–Crippen LogP) is 6.48. The molecule has 1 aromatic carbocycles. The molecule has 1 saturated carbocycles. The van der Waals surface area contributed by atoms with Crippen molar-refractivity contribution in [3.63, 3.8) is 0 Å². The van der Waals surface area contributed by atoms with E-state index in [0.29, 0.717) is 31.1 Å². The molecule has 1 aliphatic carbocycles. The number of esters is 1. The van der Waals surface area contributed by atoms with Gasteiger partial charge in [0, 0.05) is 12.0 Å². The average molecular weight is 464 g/mol. The number of methoxy groups -OCH3 is 1. The average Bonchev–Trinajstić information content (AvgIpc) is 2.89. The molecular formula is C27H45NO5. The summed E-state index contributed by atoms with van der Waals surface area (Å²) in [5.74, 6) is -0.454. The highest BCUT2D eigenvalue weighted by Crippen LogP contribution is 2.50. The molecule has 2 aliphatic rings. The minimum absolute atomic E-state index is 0.106. The van der Waals surface area contributed by atoms with E-state index in [1.54, 1.807) is 0 Å². The quantitative estimate of drug-likeness (QED) is 0.368. The van der Waals surface area contributed by atoms with E-state index < -0.39 is 17.3 Å². The fraction of sp³-hybridized carbons (Fsp3) is 0.667. The molecule has 1 fully saturated rings. The van der Waals surface area contributed by atoms with Gasteiger partial charge in [0.15, 0.2) is 11.5 Å². The van der Waals surface area contributed by atoms with Gasteiger partial charge in [-0.1, -0.05) is 61.5 Å². The summed E-state index contributed by atoms with van der Waals surface area (Å²) < 4.78 is 16.4. The van der Waals surface area contributed by atoms with Gasteiger partial charge >= 0.3 is 5.97 Å². The van der Waals surface area contributed by atoms with Crippen molar-refractivity contribution in [3.05, 3.63) is 22.8 Å². The Hall–Kier alpha value is -2.55. The van der Waals surface area contributed by atoms with Crippen LogP contribution in [-0.4, -0.2) is 32.1 Å². The Bertz CT molecular complexity index is 774. The number of nitriles is 1. The lowest BCUT2D eigenvalue weighted by Gasteiger charge is -2.37. The number of rotatable bonds is 2. The van der Waals surface area contributed by atoms with Gasteiger partial charge in [0.05, 0.1) is 18.6 Å². The van der Waals surface area contributed by atoms with Crippen LogP contribution in [0.4, 0.5) is 0 Å². The van der Waals surface area contributed by atoms with E-state index in [-0.39, 0.29) is 18.6 Å². The van der Waals surface area contributed by atoms with Crippen molar-refractivity contribution >= 4 is 11.8 Å². The van der Waals surface area contributed by atoms with Crippen molar-refractivity contribution < 1.29 is 23.8 Å². The molecule has 0 bridgehead atoms. The molecule has 3 rings (SSSR count). The molecule has 0 spiro atoms. The summed E-state index contributed by atoms with van der Waals surface area (Å²) in [5.41, 5.74) is 1.61. The van der Waals surface area contributed by atoms with Crippen LogP contribution in [0.3, 0.4) is 0 Å². The molecule has 2 atom stereocenters. The number of ketones is 1. The maximum atomic E-state index is 12.2. The summed E-state index contributed by atoms with van der Waals surface area (Å²) in [4.78, 5) is 24.2. The van der Waals surface area contributed by atoms with Crippen molar-refractivity contribution in [2.24, 2.45) is 5.92 Å². The Morgan fingerprint density at radius 3 is 2.00 bits per heavy atom. The summed E-state index contributed by atoms with van der Waals surface area (Å²) in [7, 11) is 1.26. The van der Waals surface area contributed by atoms with Gasteiger partial charge < -0.3 is 14.2 Å². The zero-order valence-electron chi connectivity index (χ0n) is 22.7. The molecule has 188 valence electrons. The van der Waals surface area contributed by atoms with E-state index in [4.69, 9.17) is 14.2 Å². The first-order valence-electron chi connectivity index (χ1n) is 12.4. The van der Waals surface area contributed by atoms with E-state index in [9.17, 15) is 14.9 Å². The van der Waals surface area contributed by atoms with Crippen LogP contribution in [0.2, 0.25) is 0 Å². The van der Waals surface area contributed by atoms with Crippen molar-refractivity contribution in [2.45, 2.75) is 93.9 Å². The van der Waals surface area contributed by atoms with Gasteiger partial charge in [0.2, 0.25) is 0 Å². The van der Waals surface area contributed by atoms with Crippen LogP contribution in [0, 0.1) is 31.1 Å². The van der Waals surface area contributed by atoms with Crippen LogP contribution in [0.25, 0.3) is 0 Å². The smallest absolute Gasteiger partial charge is 0.316 e. The number of carbonyl (C=O) groups is 2. The molecule has 0 N–H and O–H groups in total. The largest absolute Gasteiger partial charge is 0.486 e. The lowest BCUT2D eigenvalue weighted by Crippen LogP contribution is -2.41. The highest BCUT2D eigenvalue weighted by molar-refractivity contribution is 6.00. The first-order chi connectivity index (χ1) is 15.9. The second kappa shape index (κ2) is 17.0. The van der Waals surface area contributed by atoms with Gasteiger partial charge in [-0.15, -0.1) is 0 Å². The molecule has 6 nitrogen and oxygen atoms in total. The van der Waals surface area contributed by atoms with Crippen LogP contribution >= 0.6 is 0 Å². The number of hydrogen-bond donors (Lipinski definition) is 0. The SMILES string of the molecule is CC.CC.CC.CC.COC(=O)C1CC(C#N)(c2c(C)cc(C)c3c2OCCO3)CCC1=O. The Morgan fingerprint density at radius 1 is 1.00 bits per heavy atom. The third-order valence-corrected chi connectivity index (χ3v) is 5.11. The summed E-state index contributed by atoms with van der Waals surface area (Å²) in [6.45, 7) is 20.7. The van der Waals surface area contributed by atoms with Crippen molar-refractivity contribution in [2.75, 3.05) is 20.3 Å². The topological polar surface area (TPSA) is 85.6 Å². The summed E-state index contributed by atoms with van der Waals surface area (Å²) in [5, 5.41) is 10.0. The highest BCUT2D eigenvalue weighted by atomic mass is 16.6. The second-order valence-corrected chi connectivity index (χ2v) is 6.68. The molecule has 0 radical (unpaired) electrons. The first-order valence-corrected chi connectivity index (χ1v) is 12.4. The predicted molar refractivity (Wildman–Crippen MR) is 134 cm³/mol. The first kappa shape index (κ1) is 32.6. The summed E-state index contributed by atoms with van der Waals surface area (Å²) in [6.07, 6.45) is 0.626. The minimum atomic E-state index is -0.977. The Morgan fingerprint density at radius 2 is 1.52 bits per heavy atom. The summed E-state index contributed by atoms with van der Waals surface area (Å²) >= 11 is 0. The number of fused-ring (bicyclic) bond motifs is 1. The maximum Gasteiger partial charge on any atom is 0.316 e. The molecule has 0 saturated heterocycles. The molecule has 6 heteroatoms. The zero-order chi connectivity index (χ0) is 26.2. The number of hydrogen-bond acceptors (Lipinski definition) is 6. The van der Waals surface area contributed by atoms with Crippen molar-refractivity contribution in [1.82, 2.24) is 0 Å². The molecule has 33 heavy (non-hydrogen) atoms. The van der Waals surface area contributed by atoms with Crippen LogP contribution in [0.5, 0.6) is 11.5 Å². The molecule has 0 aromatic heterocycles. The van der Waals surface area contributed by atoms with Crippen LogP contribution in [0.15, 0.2) is 6.07 Å². The van der Waals surface area contributed by atoms with E-state index in [0.717, 1.165) is 16.7 Å². The van der Waals surface area contributed by atoms with Gasteiger partial charge in [-0.05, 0) is 37.8 Å². The van der Waals surface area contributed by atoms with Gasteiger partial charge in [0.1, 0.15) is 24.9 Å². The van der Waals surface area contributed by atoms with E-state index >= 15 is 0 Å². The standard InChI is InChI=1S/C19H21NO5.4C2H6/c1-11-8-12(2)16-17(25-7-6-24-16)15(11)19(10-20)5-4-14(21)13(9-19)18(22)23-3;4*1-2/h8,13H,4-7,9H2,1-3H3;4*1-2H3. The number of Topliss-reactive ketones (excluding diaryl/α,β-unsaturated/α-hetero) is 1. The van der Waals surface area contributed by atoms with E-state index in [1.807, 2.05) is 75.3 Å². The van der Waals surface area contributed by atoms with E-state index in [1.165, 1.54) is 7.11 Å². The zero-order valence-corrected chi connectivity index (χ0v) is 22.7. The van der Waals surface area contributed by atoms with Gasteiger partial charge in [-0.25, -0.2) is 0 Å². The third kappa shape index (κ3) is 7.48. The molecule has 1 heterocycles. The normalized spacial score (nSPS) is 19.8.